The fourth-order valence-electron chi connectivity index (χ4n) is 10.4. The van der Waals surface area contributed by atoms with Crippen LogP contribution in [0.25, 0.3) is 81.8 Å². The third kappa shape index (κ3) is 5.17. The summed E-state index contributed by atoms with van der Waals surface area (Å²) in [6, 6.07) is 50.6. The van der Waals surface area contributed by atoms with Crippen LogP contribution in [-0.4, -0.2) is 11.4 Å². The molecule has 5 heterocycles. The zero-order valence-corrected chi connectivity index (χ0v) is 37.3. The Kier molecular flexibility index (Phi) is 7.41. The summed E-state index contributed by atoms with van der Waals surface area (Å²) in [7, 11) is 0. The Labute approximate surface area is 362 Å². The van der Waals surface area contributed by atoms with Crippen LogP contribution in [-0.2, 0) is 16.2 Å². The van der Waals surface area contributed by atoms with E-state index in [9.17, 15) is 0 Å². The first-order valence-corrected chi connectivity index (χ1v) is 22.6. The maximum absolute atomic E-state index is 7.25. The van der Waals surface area contributed by atoms with Gasteiger partial charge < -0.3 is 13.8 Å². The highest BCUT2D eigenvalue weighted by atomic mass is 32.1. The maximum Gasteiger partial charge on any atom is 0.343 e. The van der Waals surface area contributed by atoms with Gasteiger partial charge in [-0.1, -0.05) is 147 Å². The van der Waals surface area contributed by atoms with Crippen molar-refractivity contribution in [2.75, 3.05) is 4.81 Å². The largest absolute Gasteiger partial charge is 0.455 e. The van der Waals surface area contributed by atoms with Crippen LogP contribution in [0.15, 0.2) is 138 Å². The lowest BCUT2D eigenvalue weighted by Gasteiger charge is -2.41. The molecule has 0 fully saturated rings. The number of hydrogen-bond donors (Lipinski definition) is 0. The summed E-state index contributed by atoms with van der Waals surface area (Å²) in [6.07, 6.45) is 0. The van der Waals surface area contributed by atoms with E-state index in [1.165, 1.54) is 109 Å². The van der Waals surface area contributed by atoms with Gasteiger partial charge in [0, 0.05) is 58.9 Å². The van der Waals surface area contributed by atoms with Gasteiger partial charge in [-0.2, -0.15) is 0 Å². The van der Waals surface area contributed by atoms with E-state index in [1.807, 2.05) is 11.3 Å². The molecule has 298 valence electrons. The number of fused-ring (bicyclic) bond motifs is 15. The standard InChI is InChI=1S/C56H49BN2OS/c1-54(2,3)34-20-24-37(25-21-34)59-43-28-23-36(56(7,8)9)31-41(43)48-49-51-46(47-38-17-13-14-18-44(38)60-52(47)48)40-30-35(55(4,5)6)22-27-42(40)58(51)50-39-26-19-33(32-15-11-10-12-16-32)29-45(39)61-53(50)57(49)59/h10-31H,1-9H3. The molecule has 12 rings (SSSR count). The van der Waals surface area contributed by atoms with Crippen molar-refractivity contribution in [3.63, 3.8) is 0 Å². The van der Waals surface area contributed by atoms with Crippen molar-refractivity contribution in [2.45, 2.75) is 78.6 Å². The minimum absolute atomic E-state index is 0.0243. The second-order valence-electron chi connectivity index (χ2n) is 20.6. The van der Waals surface area contributed by atoms with Crippen molar-refractivity contribution in [3.8, 4) is 27.9 Å². The van der Waals surface area contributed by atoms with Crippen LogP contribution in [0.5, 0.6) is 0 Å². The SMILES string of the molecule is CC(C)(C)c1ccc(N2B3c4sc5cc(-c6ccccc6)ccc5c4-n4c5ccc(C(C)(C)C)cc5c5c6c(oc7ccccc76)c(c3c54)-c3cc(C(C)(C)C)ccc32)cc1. The monoisotopic (exact) mass is 808 g/mol. The van der Waals surface area contributed by atoms with E-state index in [2.05, 4.69) is 205 Å². The Bertz CT molecular complexity index is 3470. The second kappa shape index (κ2) is 12.3. The number of benzene rings is 7. The molecule has 0 bridgehead atoms. The van der Waals surface area contributed by atoms with Gasteiger partial charge in [0.15, 0.2) is 0 Å². The highest BCUT2D eigenvalue weighted by Crippen LogP contribution is 2.53. The molecule has 61 heavy (non-hydrogen) atoms. The molecule has 0 saturated carbocycles. The molecule has 10 aromatic rings. The summed E-state index contributed by atoms with van der Waals surface area (Å²) < 4.78 is 12.6. The predicted octanol–water partition coefficient (Wildman–Crippen LogP) is 14.7. The van der Waals surface area contributed by atoms with Crippen molar-refractivity contribution in [1.82, 2.24) is 4.57 Å². The van der Waals surface area contributed by atoms with Gasteiger partial charge >= 0.3 is 6.85 Å². The minimum atomic E-state index is -0.102. The van der Waals surface area contributed by atoms with Gasteiger partial charge in [-0.05, 0) is 98.1 Å². The Hall–Kier alpha value is -6.04. The molecular formula is C56H49BN2OS. The summed E-state index contributed by atoms with van der Waals surface area (Å²) in [6.45, 7) is 20.8. The van der Waals surface area contributed by atoms with Crippen LogP contribution in [0.4, 0.5) is 11.4 Å². The average Bonchev–Trinajstić information content (AvgIpc) is 3.91. The molecule has 7 aromatic carbocycles. The lowest BCUT2D eigenvalue weighted by Crippen LogP contribution is -2.59. The molecule has 0 radical (unpaired) electrons. The van der Waals surface area contributed by atoms with Crippen molar-refractivity contribution in [2.24, 2.45) is 0 Å². The van der Waals surface area contributed by atoms with Gasteiger partial charge in [-0.3, -0.25) is 0 Å². The van der Waals surface area contributed by atoms with Crippen LogP contribution in [0.1, 0.15) is 79.0 Å². The fraction of sp³-hybridized carbons (Fsp3) is 0.214. The lowest BCUT2D eigenvalue weighted by molar-refractivity contribution is 0.590. The highest BCUT2D eigenvalue weighted by molar-refractivity contribution is 7.32. The molecule has 2 aliphatic rings. The van der Waals surface area contributed by atoms with Gasteiger partial charge in [-0.25, -0.2) is 0 Å². The zero-order chi connectivity index (χ0) is 41.9. The lowest BCUT2D eigenvalue weighted by atomic mass is 9.47. The Morgan fingerprint density at radius 2 is 1.23 bits per heavy atom. The molecule has 0 amide bonds. The number of thiophene rings is 1. The number of furan rings is 1. The molecule has 0 saturated heterocycles. The molecule has 3 nitrogen and oxygen atoms in total. The Balaban J connectivity index is 1.31. The molecule has 0 unspecified atom stereocenters. The van der Waals surface area contributed by atoms with Gasteiger partial charge in [0.05, 0.1) is 16.7 Å². The second-order valence-corrected chi connectivity index (χ2v) is 21.7. The third-order valence-electron chi connectivity index (χ3n) is 13.6. The quantitative estimate of drug-likeness (QED) is 0.162. The molecule has 5 heteroatoms. The van der Waals surface area contributed by atoms with Crippen LogP contribution in [0.2, 0.25) is 0 Å². The molecule has 3 aromatic heterocycles. The van der Waals surface area contributed by atoms with E-state index >= 15 is 0 Å². The summed E-state index contributed by atoms with van der Waals surface area (Å²) in [5.41, 5.74) is 18.3. The van der Waals surface area contributed by atoms with Gasteiger partial charge in [0.2, 0.25) is 0 Å². The van der Waals surface area contributed by atoms with E-state index in [0.29, 0.717) is 0 Å². The van der Waals surface area contributed by atoms with Gasteiger partial charge in [0.1, 0.15) is 11.2 Å². The zero-order valence-electron chi connectivity index (χ0n) is 36.5. The summed E-state index contributed by atoms with van der Waals surface area (Å²) >= 11 is 1.96. The van der Waals surface area contributed by atoms with Crippen molar-refractivity contribution >= 4 is 93.6 Å². The maximum atomic E-state index is 7.25. The predicted molar refractivity (Wildman–Crippen MR) is 264 cm³/mol. The van der Waals surface area contributed by atoms with E-state index in [1.54, 1.807) is 0 Å². The fourth-order valence-corrected chi connectivity index (χ4v) is 11.7. The van der Waals surface area contributed by atoms with Crippen LogP contribution in [0.3, 0.4) is 0 Å². The average molecular weight is 809 g/mol. The van der Waals surface area contributed by atoms with Crippen molar-refractivity contribution < 1.29 is 4.42 Å². The molecule has 0 atom stereocenters. The van der Waals surface area contributed by atoms with E-state index in [4.69, 9.17) is 4.42 Å². The van der Waals surface area contributed by atoms with E-state index < -0.39 is 0 Å². The molecular weight excluding hydrogens is 760 g/mol. The van der Waals surface area contributed by atoms with Crippen LogP contribution in [0, 0.1) is 0 Å². The number of aromatic nitrogens is 1. The van der Waals surface area contributed by atoms with Crippen molar-refractivity contribution in [3.05, 3.63) is 150 Å². The molecule has 0 spiro atoms. The first-order chi connectivity index (χ1) is 29.2. The number of rotatable bonds is 2. The van der Waals surface area contributed by atoms with E-state index in [0.717, 1.165) is 11.2 Å². The highest BCUT2D eigenvalue weighted by Gasteiger charge is 2.48. The Morgan fingerprint density at radius 1 is 0.557 bits per heavy atom. The normalized spacial score (nSPS) is 13.9. The number of anilines is 2. The Morgan fingerprint density at radius 3 is 1.97 bits per heavy atom. The third-order valence-corrected chi connectivity index (χ3v) is 14.8. The van der Waals surface area contributed by atoms with Crippen LogP contribution >= 0.6 is 11.3 Å². The van der Waals surface area contributed by atoms with Crippen molar-refractivity contribution in [1.29, 1.82) is 0 Å². The smallest absolute Gasteiger partial charge is 0.343 e. The van der Waals surface area contributed by atoms with Gasteiger partial charge in [0.25, 0.3) is 0 Å². The topological polar surface area (TPSA) is 21.3 Å². The number of hydrogen-bond acceptors (Lipinski definition) is 3. The first-order valence-electron chi connectivity index (χ1n) is 21.8. The van der Waals surface area contributed by atoms with E-state index in [-0.39, 0.29) is 23.1 Å². The summed E-state index contributed by atoms with van der Waals surface area (Å²) in [5.74, 6) is 0. The number of para-hydroxylation sites is 1. The summed E-state index contributed by atoms with van der Waals surface area (Å²) in [4.78, 5) is 2.67. The summed E-state index contributed by atoms with van der Waals surface area (Å²) in [5, 5.41) is 6.24. The number of nitrogens with zero attached hydrogens (tertiary/aromatic N) is 2. The molecule has 0 aliphatic carbocycles. The molecule has 2 aliphatic heterocycles. The minimum Gasteiger partial charge on any atom is -0.455 e. The first kappa shape index (κ1) is 36.8. The molecule has 0 N–H and O–H groups in total. The van der Waals surface area contributed by atoms with Crippen LogP contribution < -0.4 is 15.1 Å². The van der Waals surface area contributed by atoms with Gasteiger partial charge in [-0.15, -0.1) is 11.3 Å².